The van der Waals surface area contributed by atoms with E-state index in [0.29, 0.717) is 24.4 Å². The van der Waals surface area contributed by atoms with Crippen LogP contribution in [0.2, 0.25) is 0 Å². The zero-order chi connectivity index (χ0) is 21.0. The fourth-order valence-electron chi connectivity index (χ4n) is 3.46. The SMILES string of the molecule is CC1=C(C(=O)O)C(c2cccc([N+](=O)[O-])c2)C(C(=O)O)=C(C)N1CCCC#N. The zero-order valence-corrected chi connectivity index (χ0v) is 15.4. The summed E-state index contributed by atoms with van der Waals surface area (Å²) in [6.07, 6.45) is 0.683. The van der Waals surface area contributed by atoms with Gasteiger partial charge in [0.2, 0.25) is 0 Å². The van der Waals surface area contributed by atoms with E-state index in [2.05, 4.69) is 0 Å². The standard InChI is InChI=1S/C19H19N3O6/c1-11-15(18(23)24)17(13-6-5-7-14(10-13)22(27)28)16(19(25)26)12(2)21(11)9-4-3-8-20/h5-7,10,17H,3-4,9H2,1-2H3,(H,23,24)(H,25,26). The Balaban J connectivity index is 2.70. The van der Waals surface area contributed by atoms with Gasteiger partial charge >= 0.3 is 11.9 Å². The van der Waals surface area contributed by atoms with Gasteiger partial charge in [-0.3, -0.25) is 10.1 Å². The second-order valence-electron chi connectivity index (χ2n) is 6.31. The normalized spacial score (nSPS) is 14.8. The van der Waals surface area contributed by atoms with Crippen LogP contribution < -0.4 is 0 Å². The van der Waals surface area contributed by atoms with Crippen molar-refractivity contribution in [1.82, 2.24) is 4.90 Å². The molecule has 2 rings (SSSR count). The first-order chi connectivity index (χ1) is 13.2. The van der Waals surface area contributed by atoms with E-state index in [0.717, 1.165) is 0 Å². The molecule has 0 spiro atoms. The molecule has 0 saturated carbocycles. The minimum atomic E-state index is -1.30. The molecule has 2 N–H and O–H groups in total. The van der Waals surface area contributed by atoms with Gasteiger partial charge in [0.1, 0.15) is 0 Å². The van der Waals surface area contributed by atoms with Crippen molar-refractivity contribution >= 4 is 17.6 Å². The number of aliphatic carboxylic acids is 2. The third kappa shape index (κ3) is 3.86. The van der Waals surface area contributed by atoms with Gasteiger partial charge in [-0.25, -0.2) is 9.59 Å². The number of carboxylic acids is 2. The lowest BCUT2D eigenvalue weighted by atomic mass is 9.79. The number of rotatable bonds is 7. The number of carboxylic acid groups (broad SMARTS) is 2. The Morgan fingerprint density at radius 2 is 1.79 bits per heavy atom. The van der Waals surface area contributed by atoms with Crippen LogP contribution in [0.4, 0.5) is 5.69 Å². The van der Waals surface area contributed by atoms with E-state index in [1.54, 1.807) is 18.7 Å². The molecule has 1 aliphatic rings. The Kier molecular flexibility index (Phi) is 6.15. The molecule has 0 aliphatic carbocycles. The molecule has 1 aromatic rings. The molecule has 146 valence electrons. The Morgan fingerprint density at radius 1 is 1.21 bits per heavy atom. The van der Waals surface area contributed by atoms with Crippen LogP contribution in [-0.2, 0) is 9.59 Å². The molecule has 1 aliphatic heterocycles. The second kappa shape index (κ2) is 8.35. The van der Waals surface area contributed by atoms with E-state index in [4.69, 9.17) is 5.26 Å². The van der Waals surface area contributed by atoms with Crippen molar-refractivity contribution in [2.24, 2.45) is 0 Å². The summed E-state index contributed by atoms with van der Waals surface area (Å²) in [6.45, 7) is 3.44. The van der Waals surface area contributed by atoms with Gasteiger partial charge in [-0.1, -0.05) is 12.1 Å². The highest BCUT2D eigenvalue weighted by molar-refractivity contribution is 5.98. The predicted molar refractivity (Wildman–Crippen MR) is 98.1 cm³/mol. The van der Waals surface area contributed by atoms with Crippen molar-refractivity contribution in [3.05, 3.63) is 62.5 Å². The number of benzene rings is 1. The molecule has 0 saturated heterocycles. The maximum absolute atomic E-state index is 12.0. The number of nitro groups is 1. The number of allylic oxidation sites excluding steroid dienone is 2. The summed E-state index contributed by atoms with van der Waals surface area (Å²) < 4.78 is 0. The molecule has 0 atom stereocenters. The minimum Gasteiger partial charge on any atom is -0.478 e. The van der Waals surface area contributed by atoms with E-state index in [1.165, 1.54) is 24.3 Å². The largest absolute Gasteiger partial charge is 0.478 e. The molecule has 0 aromatic heterocycles. The Labute approximate surface area is 161 Å². The Morgan fingerprint density at radius 3 is 2.25 bits per heavy atom. The monoisotopic (exact) mass is 385 g/mol. The van der Waals surface area contributed by atoms with Crippen molar-refractivity contribution in [2.75, 3.05) is 6.54 Å². The molecule has 28 heavy (non-hydrogen) atoms. The molecule has 0 unspecified atom stereocenters. The van der Waals surface area contributed by atoms with Crippen LogP contribution in [0.25, 0.3) is 0 Å². The number of non-ortho nitro benzene ring substituents is 1. The van der Waals surface area contributed by atoms with Gasteiger partial charge in [0, 0.05) is 36.5 Å². The summed E-state index contributed by atoms with van der Waals surface area (Å²) in [6, 6.07) is 7.34. The van der Waals surface area contributed by atoms with Gasteiger partial charge in [0.25, 0.3) is 5.69 Å². The van der Waals surface area contributed by atoms with Crippen LogP contribution in [0.3, 0.4) is 0 Å². The predicted octanol–water partition coefficient (Wildman–Crippen LogP) is 3.01. The van der Waals surface area contributed by atoms with E-state index in [1.807, 2.05) is 6.07 Å². The van der Waals surface area contributed by atoms with E-state index < -0.39 is 22.8 Å². The third-order valence-electron chi connectivity index (χ3n) is 4.71. The summed E-state index contributed by atoms with van der Waals surface area (Å²) in [5.74, 6) is -3.75. The molecule has 1 heterocycles. The van der Waals surface area contributed by atoms with Crippen molar-refractivity contribution in [2.45, 2.75) is 32.6 Å². The van der Waals surface area contributed by atoms with E-state index in [-0.39, 0.29) is 28.8 Å². The number of nitriles is 1. The number of carbonyl (C=O) groups is 2. The van der Waals surface area contributed by atoms with Crippen molar-refractivity contribution < 1.29 is 24.7 Å². The molecular weight excluding hydrogens is 366 g/mol. The highest BCUT2D eigenvalue weighted by Crippen LogP contribution is 2.42. The maximum Gasteiger partial charge on any atom is 0.334 e. The van der Waals surface area contributed by atoms with Crippen LogP contribution >= 0.6 is 0 Å². The molecule has 0 fully saturated rings. The van der Waals surface area contributed by atoms with Crippen molar-refractivity contribution in [1.29, 1.82) is 5.26 Å². The van der Waals surface area contributed by atoms with Gasteiger partial charge < -0.3 is 15.1 Å². The molecular formula is C19H19N3O6. The first kappa shape index (κ1) is 20.6. The molecule has 0 radical (unpaired) electrons. The van der Waals surface area contributed by atoms with Gasteiger partial charge in [-0.15, -0.1) is 0 Å². The Bertz CT molecular complexity index is 903. The maximum atomic E-state index is 12.0. The van der Waals surface area contributed by atoms with Crippen LogP contribution in [0.15, 0.2) is 46.8 Å². The summed E-state index contributed by atoms with van der Waals surface area (Å²) >= 11 is 0. The van der Waals surface area contributed by atoms with E-state index in [9.17, 15) is 29.9 Å². The summed E-state index contributed by atoms with van der Waals surface area (Å²) in [7, 11) is 0. The number of nitro benzene ring substituents is 1. The summed E-state index contributed by atoms with van der Waals surface area (Å²) in [5.41, 5.74) is 0.368. The number of hydrogen-bond acceptors (Lipinski definition) is 6. The first-order valence-electron chi connectivity index (χ1n) is 8.47. The van der Waals surface area contributed by atoms with Crippen LogP contribution in [-0.4, -0.2) is 38.5 Å². The summed E-state index contributed by atoms with van der Waals surface area (Å²) in [4.78, 5) is 36.1. The lowest BCUT2D eigenvalue weighted by Gasteiger charge is -2.37. The van der Waals surface area contributed by atoms with Gasteiger partial charge in [0.05, 0.1) is 28.1 Å². The molecule has 9 heteroatoms. The molecule has 9 nitrogen and oxygen atoms in total. The number of hydrogen-bond donors (Lipinski definition) is 2. The van der Waals surface area contributed by atoms with Crippen LogP contribution in [0.5, 0.6) is 0 Å². The van der Waals surface area contributed by atoms with Crippen molar-refractivity contribution in [3.63, 3.8) is 0 Å². The average Bonchev–Trinajstić information content (AvgIpc) is 2.63. The van der Waals surface area contributed by atoms with Crippen LogP contribution in [0, 0.1) is 21.4 Å². The quantitative estimate of drug-likeness (QED) is 0.414. The lowest BCUT2D eigenvalue weighted by molar-refractivity contribution is -0.384. The molecule has 0 amide bonds. The molecule has 0 bridgehead atoms. The van der Waals surface area contributed by atoms with Gasteiger partial charge in [0.15, 0.2) is 0 Å². The highest BCUT2D eigenvalue weighted by atomic mass is 16.6. The van der Waals surface area contributed by atoms with Crippen molar-refractivity contribution in [3.8, 4) is 6.07 Å². The lowest BCUT2D eigenvalue weighted by Crippen LogP contribution is -2.34. The zero-order valence-electron chi connectivity index (χ0n) is 15.4. The van der Waals surface area contributed by atoms with E-state index >= 15 is 0 Å². The third-order valence-corrected chi connectivity index (χ3v) is 4.71. The smallest absolute Gasteiger partial charge is 0.334 e. The highest BCUT2D eigenvalue weighted by Gasteiger charge is 2.39. The minimum absolute atomic E-state index is 0.152. The Hall–Kier alpha value is -3.67. The van der Waals surface area contributed by atoms with Gasteiger partial charge in [-0.05, 0) is 25.8 Å². The average molecular weight is 385 g/mol. The number of nitrogens with zero attached hydrogens (tertiary/aromatic N) is 3. The number of unbranched alkanes of at least 4 members (excludes halogenated alkanes) is 1. The second-order valence-corrected chi connectivity index (χ2v) is 6.31. The fourth-order valence-corrected chi connectivity index (χ4v) is 3.46. The first-order valence-corrected chi connectivity index (χ1v) is 8.47. The molecule has 1 aromatic carbocycles. The fraction of sp³-hybridized carbons (Fsp3) is 0.316. The summed E-state index contributed by atoms with van der Waals surface area (Å²) in [5, 5.41) is 39.5. The topological polar surface area (TPSA) is 145 Å². The van der Waals surface area contributed by atoms with Gasteiger partial charge in [-0.2, -0.15) is 5.26 Å². The van der Waals surface area contributed by atoms with Crippen LogP contribution in [0.1, 0.15) is 38.2 Å².